The van der Waals surface area contributed by atoms with Crippen LogP contribution >= 0.6 is 0 Å². The summed E-state index contributed by atoms with van der Waals surface area (Å²) >= 11 is 0. The third kappa shape index (κ3) is 2.02. The van der Waals surface area contributed by atoms with Crippen molar-refractivity contribution in [2.24, 2.45) is 0 Å². The van der Waals surface area contributed by atoms with Crippen LogP contribution in [0.25, 0.3) is 11.1 Å². The molecular formula is C20H17N. The molecule has 0 N–H and O–H groups in total. The molecule has 0 saturated heterocycles. The Morgan fingerprint density at radius 3 is 2.24 bits per heavy atom. The third-order valence-electron chi connectivity index (χ3n) is 4.31. The fourth-order valence-electron chi connectivity index (χ4n) is 3.12. The normalized spacial score (nSPS) is 11.9. The second-order valence-corrected chi connectivity index (χ2v) is 5.57. The predicted molar refractivity (Wildman–Crippen MR) is 89.2 cm³/mol. The van der Waals surface area contributed by atoms with Gasteiger partial charge in [0.1, 0.15) is 0 Å². The lowest BCUT2D eigenvalue weighted by Crippen LogP contribution is -2.09. The van der Waals surface area contributed by atoms with Crippen LogP contribution in [-0.2, 0) is 6.42 Å². The Hall–Kier alpha value is -2.54. The van der Waals surface area contributed by atoms with Gasteiger partial charge in [0.15, 0.2) is 0 Å². The van der Waals surface area contributed by atoms with E-state index in [1.54, 1.807) is 0 Å². The van der Waals surface area contributed by atoms with Crippen LogP contribution in [0.4, 0.5) is 11.4 Å². The number of nitrogens with zero attached hydrogens (tertiary/aromatic N) is 1. The highest BCUT2D eigenvalue weighted by atomic mass is 15.1. The zero-order valence-corrected chi connectivity index (χ0v) is 12.1. The van der Waals surface area contributed by atoms with Gasteiger partial charge in [-0.05, 0) is 52.9 Å². The summed E-state index contributed by atoms with van der Waals surface area (Å²) in [5.41, 5.74) is 8.08. The maximum atomic E-state index is 2.31. The van der Waals surface area contributed by atoms with Gasteiger partial charge in [0.25, 0.3) is 0 Å². The molecule has 0 radical (unpaired) electrons. The molecule has 1 heteroatoms. The maximum absolute atomic E-state index is 2.31. The average Bonchev–Trinajstić information content (AvgIpc) is 2.93. The Balaban J connectivity index is 1.78. The summed E-state index contributed by atoms with van der Waals surface area (Å²) in [4.78, 5) is 2.24. The van der Waals surface area contributed by atoms with E-state index in [1.165, 1.54) is 33.6 Å². The monoisotopic (exact) mass is 271 g/mol. The lowest BCUT2D eigenvalue weighted by Gasteiger charge is -2.20. The highest BCUT2D eigenvalue weighted by molar-refractivity contribution is 5.80. The van der Waals surface area contributed by atoms with Gasteiger partial charge in [0, 0.05) is 18.4 Å². The molecule has 3 aromatic rings. The molecule has 1 aliphatic carbocycles. The first-order chi connectivity index (χ1) is 10.3. The molecule has 4 rings (SSSR count). The van der Waals surface area contributed by atoms with Crippen LogP contribution in [-0.4, -0.2) is 7.05 Å². The van der Waals surface area contributed by atoms with Crippen molar-refractivity contribution >= 4 is 11.4 Å². The van der Waals surface area contributed by atoms with E-state index in [2.05, 4.69) is 84.7 Å². The van der Waals surface area contributed by atoms with E-state index in [9.17, 15) is 0 Å². The van der Waals surface area contributed by atoms with E-state index in [-0.39, 0.29) is 0 Å². The topological polar surface area (TPSA) is 3.24 Å². The summed E-state index contributed by atoms with van der Waals surface area (Å²) in [6.07, 6.45) is 1.06. The Morgan fingerprint density at radius 1 is 0.667 bits per heavy atom. The summed E-state index contributed by atoms with van der Waals surface area (Å²) < 4.78 is 0. The fraction of sp³-hybridized carbons (Fsp3) is 0.100. The van der Waals surface area contributed by atoms with Crippen molar-refractivity contribution in [2.75, 3.05) is 11.9 Å². The van der Waals surface area contributed by atoms with Gasteiger partial charge in [-0.1, -0.05) is 48.5 Å². The van der Waals surface area contributed by atoms with Gasteiger partial charge < -0.3 is 4.90 Å². The average molecular weight is 271 g/mol. The lowest BCUT2D eigenvalue weighted by atomic mass is 10.0. The Labute approximate surface area is 125 Å². The van der Waals surface area contributed by atoms with Crippen LogP contribution in [0.15, 0.2) is 72.8 Å². The Kier molecular flexibility index (Phi) is 2.78. The van der Waals surface area contributed by atoms with Crippen molar-refractivity contribution in [3.63, 3.8) is 0 Å². The van der Waals surface area contributed by atoms with Crippen LogP contribution in [0.2, 0.25) is 0 Å². The van der Waals surface area contributed by atoms with Crippen LogP contribution in [0, 0.1) is 0 Å². The molecule has 3 aromatic carbocycles. The van der Waals surface area contributed by atoms with Gasteiger partial charge >= 0.3 is 0 Å². The minimum Gasteiger partial charge on any atom is -0.345 e. The van der Waals surface area contributed by atoms with E-state index in [4.69, 9.17) is 0 Å². The summed E-state index contributed by atoms with van der Waals surface area (Å²) in [5, 5.41) is 0. The highest BCUT2D eigenvalue weighted by Crippen LogP contribution is 2.39. The number of hydrogen-bond acceptors (Lipinski definition) is 1. The van der Waals surface area contributed by atoms with Gasteiger partial charge in [-0.25, -0.2) is 0 Å². The molecule has 0 aliphatic heterocycles. The largest absolute Gasteiger partial charge is 0.345 e. The summed E-state index contributed by atoms with van der Waals surface area (Å²) in [6, 6.07) is 26.0. The van der Waals surface area contributed by atoms with E-state index in [1.807, 2.05) is 0 Å². The highest BCUT2D eigenvalue weighted by Gasteiger charge is 2.18. The lowest BCUT2D eigenvalue weighted by molar-refractivity contribution is 1.20. The second kappa shape index (κ2) is 4.78. The summed E-state index contributed by atoms with van der Waals surface area (Å²) in [5.74, 6) is 0. The molecule has 0 amide bonds. The van der Waals surface area contributed by atoms with Crippen molar-refractivity contribution in [3.8, 4) is 11.1 Å². The zero-order valence-electron chi connectivity index (χ0n) is 12.1. The molecule has 0 aromatic heterocycles. The zero-order chi connectivity index (χ0) is 14.2. The number of fused-ring (bicyclic) bond motifs is 3. The van der Waals surface area contributed by atoms with Gasteiger partial charge in [0.05, 0.1) is 0 Å². The second-order valence-electron chi connectivity index (χ2n) is 5.57. The van der Waals surface area contributed by atoms with Crippen molar-refractivity contribution < 1.29 is 0 Å². The van der Waals surface area contributed by atoms with E-state index >= 15 is 0 Å². The van der Waals surface area contributed by atoms with Gasteiger partial charge in [-0.3, -0.25) is 0 Å². The molecule has 21 heavy (non-hydrogen) atoms. The van der Waals surface area contributed by atoms with Crippen LogP contribution < -0.4 is 4.90 Å². The van der Waals surface area contributed by atoms with Crippen molar-refractivity contribution in [1.82, 2.24) is 0 Å². The SMILES string of the molecule is CN(c1ccccc1)c1ccc2c(c1)-c1ccccc1C2. The first-order valence-electron chi connectivity index (χ1n) is 7.33. The van der Waals surface area contributed by atoms with Gasteiger partial charge in [-0.2, -0.15) is 0 Å². The minimum absolute atomic E-state index is 1.06. The van der Waals surface area contributed by atoms with Crippen LogP contribution in [0.5, 0.6) is 0 Å². The van der Waals surface area contributed by atoms with Crippen molar-refractivity contribution in [2.45, 2.75) is 6.42 Å². The number of benzene rings is 3. The van der Waals surface area contributed by atoms with E-state index < -0.39 is 0 Å². The maximum Gasteiger partial charge on any atom is 0.0414 e. The molecule has 1 aliphatic rings. The van der Waals surface area contributed by atoms with Gasteiger partial charge in [0.2, 0.25) is 0 Å². The Bertz CT molecular complexity index is 790. The minimum atomic E-state index is 1.06. The standard InChI is InChI=1S/C20H17N/c1-21(17-8-3-2-4-9-17)18-12-11-16-13-15-7-5-6-10-19(15)20(16)14-18/h2-12,14H,13H2,1H3. The molecule has 0 spiro atoms. The van der Waals surface area contributed by atoms with Crippen LogP contribution in [0.1, 0.15) is 11.1 Å². The number of para-hydroxylation sites is 1. The molecule has 102 valence electrons. The summed E-state index contributed by atoms with van der Waals surface area (Å²) in [7, 11) is 2.12. The van der Waals surface area contributed by atoms with E-state index in [0.29, 0.717) is 0 Å². The molecule has 0 heterocycles. The number of anilines is 2. The summed E-state index contributed by atoms with van der Waals surface area (Å²) in [6.45, 7) is 0. The molecule has 0 saturated carbocycles. The molecule has 0 unspecified atom stereocenters. The fourth-order valence-corrected chi connectivity index (χ4v) is 3.12. The van der Waals surface area contributed by atoms with E-state index in [0.717, 1.165) is 6.42 Å². The Morgan fingerprint density at radius 2 is 1.38 bits per heavy atom. The van der Waals surface area contributed by atoms with Crippen molar-refractivity contribution in [1.29, 1.82) is 0 Å². The van der Waals surface area contributed by atoms with Gasteiger partial charge in [-0.15, -0.1) is 0 Å². The molecule has 1 nitrogen and oxygen atoms in total. The third-order valence-corrected chi connectivity index (χ3v) is 4.31. The first-order valence-corrected chi connectivity index (χ1v) is 7.33. The molecule has 0 atom stereocenters. The van der Waals surface area contributed by atoms with Crippen LogP contribution in [0.3, 0.4) is 0 Å². The quantitative estimate of drug-likeness (QED) is 0.494. The number of hydrogen-bond donors (Lipinski definition) is 0. The molecule has 0 bridgehead atoms. The molecular weight excluding hydrogens is 254 g/mol. The smallest absolute Gasteiger partial charge is 0.0414 e. The molecule has 0 fully saturated rings. The van der Waals surface area contributed by atoms with Crippen molar-refractivity contribution in [3.05, 3.63) is 83.9 Å². The first kappa shape index (κ1) is 12.2. The number of rotatable bonds is 2. The predicted octanol–water partition coefficient (Wildman–Crippen LogP) is 5.03.